The van der Waals surface area contributed by atoms with Gasteiger partial charge in [0, 0.05) is 19.1 Å². The van der Waals surface area contributed by atoms with Crippen LogP contribution in [0.1, 0.15) is 82.8 Å². The summed E-state index contributed by atoms with van der Waals surface area (Å²) in [5.41, 5.74) is 0.0267. The average molecular weight is 607 g/mol. The molecule has 0 radical (unpaired) electrons. The Morgan fingerprint density at radius 2 is 1.70 bits per heavy atom. The number of alkyl carbamates (subject to hydrolysis) is 1. The highest BCUT2D eigenvalue weighted by atomic mass is 35.5. The van der Waals surface area contributed by atoms with Gasteiger partial charge in [-0.1, -0.05) is 73.3 Å². The Morgan fingerprint density at radius 3 is 2.37 bits per heavy atom. The number of rotatable bonds is 7. The van der Waals surface area contributed by atoms with Gasteiger partial charge in [-0.15, -0.1) is 0 Å². The summed E-state index contributed by atoms with van der Waals surface area (Å²) in [6.07, 6.45) is 4.75. The molecule has 1 aliphatic carbocycles. The quantitative estimate of drug-likeness (QED) is 0.293. The Labute approximate surface area is 259 Å². The minimum absolute atomic E-state index is 0.0661. The third kappa shape index (κ3) is 7.81. The molecule has 2 N–H and O–H groups in total. The predicted octanol–water partition coefficient (Wildman–Crippen LogP) is 7.37. The highest BCUT2D eigenvalue weighted by Gasteiger charge is 2.45. The standard InChI is InChI=1S/C35H43ClN2O5/c1-34(2,3)43-33(40)37-28-15-19-38(20-16-28)32(39)31(35(41)17-7-4-8-18-35)27-13-14-30(29(36)22-27)42-23-24-11-12-25-9-5-6-10-26(25)21-24/h5-6,9-14,21-22,28,31,41H,4,7-8,15-20,23H2,1-3H3,(H,37,40). The molecule has 0 aromatic heterocycles. The van der Waals surface area contributed by atoms with Crippen LogP contribution in [0.5, 0.6) is 5.75 Å². The zero-order valence-corrected chi connectivity index (χ0v) is 26.2. The summed E-state index contributed by atoms with van der Waals surface area (Å²) in [5.74, 6) is -0.286. The van der Waals surface area contributed by atoms with Crippen LogP contribution in [0.3, 0.4) is 0 Å². The van der Waals surface area contributed by atoms with Crippen molar-refractivity contribution in [2.45, 2.75) is 95.5 Å². The van der Waals surface area contributed by atoms with Crippen molar-refractivity contribution < 1.29 is 24.2 Å². The Morgan fingerprint density at radius 1 is 1.00 bits per heavy atom. The number of halogens is 1. The van der Waals surface area contributed by atoms with Crippen molar-refractivity contribution in [3.8, 4) is 5.75 Å². The second kappa shape index (κ2) is 13.1. The lowest BCUT2D eigenvalue weighted by Gasteiger charge is -2.42. The normalized spacial score (nSPS) is 18.2. The van der Waals surface area contributed by atoms with Crippen molar-refractivity contribution in [3.05, 3.63) is 76.8 Å². The first-order valence-corrected chi connectivity index (χ1v) is 15.8. The smallest absolute Gasteiger partial charge is 0.407 e. The minimum Gasteiger partial charge on any atom is -0.487 e. The fraction of sp³-hybridized carbons (Fsp3) is 0.486. The zero-order valence-electron chi connectivity index (χ0n) is 25.4. The first kappa shape index (κ1) is 31.1. The molecule has 7 nitrogen and oxygen atoms in total. The van der Waals surface area contributed by atoms with Gasteiger partial charge in [-0.25, -0.2) is 4.79 Å². The van der Waals surface area contributed by atoms with E-state index in [1.807, 2.05) is 56.0 Å². The summed E-state index contributed by atoms with van der Waals surface area (Å²) in [4.78, 5) is 28.2. The molecule has 43 heavy (non-hydrogen) atoms. The van der Waals surface area contributed by atoms with Crippen LogP contribution < -0.4 is 10.1 Å². The summed E-state index contributed by atoms with van der Waals surface area (Å²) < 4.78 is 11.5. The van der Waals surface area contributed by atoms with E-state index in [1.165, 1.54) is 5.39 Å². The van der Waals surface area contributed by atoms with E-state index in [-0.39, 0.29) is 11.9 Å². The third-order valence-corrected chi connectivity index (χ3v) is 8.82. The second-order valence-electron chi connectivity index (χ2n) is 13.0. The van der Waals surface area contributed by atoms with E-state index in [4.69, 9.17) is 21.1 Å². The maximum absolute atomic E-state index is 14.1. The van der Waals surface area contributed by atoms with Gasteiger partial charge in [0.2, 0.25) is 5.91 Å². The van der Waals surface area contributed by atoms with Crippen molar-refractivity contribution in [1.82, 2.24) is 10.2 Å². The van der Waals surface area contributed by atoms with Gasteiger partial charge in [0.15, 0.2) is 0 Å². The highest BCUT2D eigenvalue weighted by Crippen LogP contribution is 2.43. The lowest BCUT2D eigenvalue weighted by Crippen LogP contribution is -2.52. The molecule has 0 spiro atoms. The summed E-state index contributed by atoms with van der Waals surface area (Å²) in [5, 5.41) is 17.5. The SMILES string of the molecule is CC(C)(C)OC(=O)NC1CCN(C(=O)C(c2ccc(OCc3ccc4ccccc4c3)c(Cl)c2)C2(O)CCCCC2)CC1. The summed E-state index contributed by atoms with van der Waals surface area (Å²) in [6.45, 7) is 6.85. The first-order chi connectivity index (χ1) is 20.5. The molecule has 1 heterocycles. The van der Waals surface area contributed by atoms with Gasteiger partial charge in [-0.3, -0.25) is 4.79 Å². The Bertz CT molecular complexity index is 1440. The zero-order chi connectivity index (χ0) is 30.6. The number of hydrogen-bond acceptors (Lipinski definition) is 5. The molecule has 3 aromatic rings. The largest absolute Gasteiger partial charge is 0.487 e. The summed E-state index contributed by atoms with van der Waals surface area (Å²) in [6, 6.07) is 19.8. The molecule has 230 valence electrons. The second-order valence-corrected chi connectivity index (χ2v) is 13.4. The Kier molecular flexibility index (Phi) is 9.52. The van der Waals surface area contributed by atoms with E-state index in [0.717, 1.165) is 30.2 Å². The molecule has 2 aliphatic rings. The van der Waals surface area contributed by atoms with Gasteiger partial charge in [0.1, 0.15) is 18.0 Å². The molecular formula is C35H43ClN2O5. The van der Waals surface area contributed by atoms with Crippen LogP contribution in [-0.2, 0) is 16.1 Å². The van der Waals surface area contributed by atoms with Crippen molar-refractivity contribution in [2.75, 3.05) is 13.1 Å². The molecule has 1 unspecified atom stereocenters. The molecule has 3 aromatic carbocycles. The Balaban J connectivity index is 1.28. The van der Waals surface area contributed by atoms with E-state index in [0.29, 0.717) is 61.7 Å². The molecule has 8 heteroatoms. The van der Waals surface area contributed by atoms with E-state index in [9.17, 15) is 14.7 Å². The molecule has 1 saturated heterocycles. The molecule has 1 atom stereocenters. The first-order valence-electron chi connectivity index (χ1n) is 15.4. The van der Waals surface area contributed by atoms with Crippen LogP contribution in [0.15, 0.2) is 60.7 Å². The van der Waals surface area contributed by atoms with Crippen molar-refractivity contribution in [2.24, 2.45) is 0 Å². The molecular weight excluding hydrogens is 564 g/mol. The van der Waals surface area contributed by atoms with E-state index in [1.54, 1.807) is 6.07 Å². The van der Waals surface area contributed by atoms with Crippen LogP contribution >= 0.6 is 11.6 Å². The number of ether oxygens (including phenoxy) is 2. The number of benzene rings is 3. The topological polar surface area (TPSA) is 88.1 Å². The van der Waals surface area contributed by atoms with Gasteiger partial charge in [-0.2, -0.15) is 0 Å². The lowest BCUT2D eigenvalue weighted by atomic mass is 9.72. The van der Waals surface area contributed by atoms with E-state index in [2.05, 4.69) is 29.6 Å². The highest BCUT2D eigenvalue weighted by molar-refractivity contribution is 6.32. The minimum atomic E-state index is -1.14. The van der Waals surface area contributed by atoms with Gasteiger partial charge in [-0.05, 0) is 86.6 Å². The molecule has 1 saturated carbocycles. The van der Waals surface area contributed by atoms with Gasteiger partial charge in [0.05, 0.1) is 16.5 Å². The van der Waals surface area contributed by atoms with Crippen LogP contribution in [0.4, 0.5) is 4.79 Å². The van der Waals surface area contributed by atoms with Crippen molar-refractivity contribution in [1.29, 1.82) is 0 Å². The fourth-order valence-electron chi connectivity index (χ4n) is 6.34. The fourth-order valence-corrected chi connectivity index (χ4v) is 6.58. The van der Waals surface area contributed by atoms with Gasteiger partial charge >= 0.3 is 6.09 Å². The number of carbonyl (C=O) groups excluding carboxylic acids is 2. The number of hydrogen-bond donors (Lipinski definition) is 2. The number of fused-ring (bicyclic) bond motifs is 1. The number of carbonyl (C=O) groups is 2. The maximum Gasteiger partial charge on any atom is 0.407 e. The monoisotopic (exact) mass is 606 g/mol. The summed E-state index contributed by atoms with van der Waals surface area (Å²) in [7, 11) is 0. The lowest BCUT2D eigenvalue weighted by molar-refractivity contribution is -0.142. The number of aliphatic hydroxyl groups is 1. The third-order valence-electron chi connectivity index (χ3n) is 8.53. The number of likely N-dealkylation sites (tertiary alicyclic amines) is 1. The number of nitrogens with one attached hydrogen (secondary N) is 1. The molecule has 5 rings (SSSR count). The molecule has 2 fully saturated rings. The van der Waals surface area contributed by atoms with Crippen molar-refractivity contribution >= 4 is 34.4 Å². The van der Waals surface area contributed by atoms with E-state index >= 15 is 0 Å². The van der Waals surface area contributed by atoms with Gasteiger partial charge < -0.3 is 24.8 Å². The van der Waals surface area contributed by atoms with Crippen molar-refractivity contribution in [3.63, 3.8) is 0 Å². The summed E-state index contributed by atoms with van der Waals surface area (Å²) >= 11 is 6.74. The van der Waals surface area contributed by atoms with Gasteiger partial charge in [0.25, 0.3) is 0 Å². The number of piperidine rings is 1. The van der Waals surface area contributed by atoms with Crippen LogP contribution in [-0.4, -0.2) is 52.3 Å². The number of amides is 2. The maximum atomic E-state index is 14.1. The Hall–Kier alpha value is -3.29. The van der Waals surface area contributed by atoms with Crippen LogP contribution in [0, 0.1) is 0 Å². The van der Waals surface area contributed by atoms with Crippen LogP contribution in [0.2, 0.25) is 5.02 Å². The molecule has 1 aliphatic heterocycles. The molecule has 0 bridgehead atoms. The average Bonchev–Trinajstić information content (AvgIpc) is 2.96. The van der Waals surface area contributed by atoms with Crippen LogP contribution in [0.25, 0.3) is 10.8 Å². The number of nitrogens with zero attached hydrogens (tertiary/aromatic N) is 1. The van der Waals surface area contributed by atoms with E-state index < -0.39 is 23.2 Å². The molecule has 2 amide bonds. The predicted molar refractivity (Wildman–Crippen MR) is 169 cm³/mol.